The summed E-state index contributed by atoms with van der Waals surface area (Å²) in [6.07, 6.45) is 1.06. The predicted octanol–water partition coefficient (Wildman–Crippen LogP) is 3.56. The van der Waals surface area contributed by atoms with E-state index >= 15 is 0 Å². The van der Waals surface area contributed by atoms with Crippen LogP contribution in [-0.2, 0) is 4.79 Å². The standard InChI is InChI=1S/C19H14O5/c1-3-18(20)23-15-9-6-13-10-16(19(21)24-17(13)11-15)12-4-7-14(22-2)8-5-12/h3-11H,1H2,2H3. The Morgan fingerprint density at radius 1 is 1.08 bits per heavy atom. The van der Waals surface area contributed by atoms with Crippen LogP contribution in [0, 0.1) is 0 Å². The summed E-state index contributed by atoms with van der Waals surface area (Å²) in [6.45, 7) is 3.33. The molecule has 0 spiro atoms. The Labute approximate surface area is 137 Å². The molecule has 2 aromatic carbocycles. The molecule has 24 heavy (non-hydrogen) atoms. The Morgan fingerprint density at radius 2 is 1.79 bits per heavy atom. The van der Waals surface area contributed by atoms with Gasteiger partial charge in [-0.3, -0.25) is 0 Å². The van der Waals surface area contributed by atoms with Crippen LogP contribution < -0.4 is 15.1 Å². The van der Waals surface area contributed by atoms with Crippen molar-refractivity contribution < 1.29 is 18.7 Å². The van der Waals surface area contributed by atoms with Gasteiger partial charge in [0.25, 0.3) is 0 Å². The number of ether oxygens (including phenoxy) is 2. The van der Waals surface area contributed by atoms with Crippen molar-refractivity contribution in [1.82, 2.24) is 0 Å². The number of methoxy groups -OCH3 is 1. The third-order valence-corrected chi connectivity index (χ3v) is 3.49. The van der Waals surface area contributed by atoms with Crippen molar-refractivity contribution in [3.8, 4) is 22.6 Å². The highest BCUT2D eigenvalue weighted by Gasteiger charge is 2.10. The number of fused-ring (bicyclic) bond motifs is 1. The quantitative estimate of drug-likeness (QED) is 0.318. The van der Waals surface area contributed by atoms with Gasteiger partial charge in [-0.05, 0) is 35.9 Å². The van der Waals surface area contributed by atoms with Gasteiger partial charge in [0, 0.05) is 17.5 Å². The lowest BCUT2D eigenvalue weighted by atomic mass is 10.1. The van der Waals surface area contributed by atoms with Crippen molar-refractivity contribution in [3.63, 3.8) is 0 Å². The molecule has 0 N–H and O–H groups in total. The van der Waals surface area contributed by atoms with Gasteiger partial charge in [-0.15, -0.1) is 0 Å². The Balaban J connectivity index is 2.03. The van der Waals surface area contributed by atoms with Crippen molar-refractivity contribution in [3.05, 3.63) is 71.6 Å². The SMILES string of the molecule is C=CC(=O)Oc1ccc2cc(-c3ccc(OC)cc3)c(=O)oc2c1. The van der Waals surface area contributed by atoms with Gasteiger partial charge in [-0.1, -0.05) is 18.7 Å². The number of benzene rings is 2. The van der Waals surface area contributed by atoms with E-state index < -0.39 is 11.6 Å². The molecule has 0 aliphatic carbocycles. The van der Waals surface area contributed by atoms with Gasteiger partial charge < -0.3 is 13.9 Å². The molecule has 0 amide bonds. The van der Waals surface area contributed by atoms with Crippen LogP contribution in [0.1, 0.15) is 0 Å². The van der Waals surface area contributed by atoms with Crippen LogP contribution >= 0.6 is 0 Å². The summed E-state index contributed by atoms with van der Waals surface area (Å²) in [5.41, 5.74) is 1.04. The lowest BCUT2D eigenvalue weighted by Gasteiger charge is -2.06. The molecule has 120 valence electrons. The molecule has 3 rings (SSSR count). The molecule has 0 fully saturated rings. The molecule has 1 aromatic heterocycles. The summed E-state index contributed by atoms with van der Waals surface area (Å²) in [5.74, 6) is 0.414. The number of esters is 1. The maximum Gasteiger partial charge on any atom is 0.344 e. The fourth-order valence-electron chi connectivity index (χ4n) is 2.28. The maximum absolute atomic E-state index is 12.3. The van der Waals surface area contributed by atoms with Gasteiger partial charge in [-0.2, -0.15) is 0 Å². The number of rotatable bonds is 4. The Bertz CT molecular complexity index is 967. The molecular formula is C19H14O5. The minimum Gasteiger partial charge on any atom is -0.497 e. The topological polar surface area (TPSA) is 65.7 Å². The van der Waals surface area contributed by atoms with Crippen molar-refractivity contribution in [1.29, 1.82) is 0 Å². The molecule has 0 saturated heterocycles. The van der Waals surface area contributed by atoms with Crippen LogP contribution in [0.2, 0.25) is 0 Å². The molecule has 5 nitrogen and oxygen atoms in total. The number of carbonyl (C=O) groups is 1. The molecule has 0 atom stereocenters. The summed E-state index contributed by atoms with van der Waals surface area (Å²) in [6, 6.07) is 13.7. The van der Waals surface area contributed by atoms with E-state index in [1.54, 1.807) is 49.6 Å². The molecule has 0 radical (unpaired) electrons. The highest BCUT2D eigenvalue weighted by Crippen LogP contribution is 2.25. The van der Waals surface area contributed by atoms with Gasteiger partial charge in [-0.25, -0.2) is 9.59 Å². The minimum absolute atomic E-state index is 0.285. The van der Waals surface area contributed by atoms with E-state index in [9.17, 15) is 9.59 Å². The third-order valence-electron chi connectivity index (χ3n) is 3.49. The largest absolute Gasteiger partial charge is 0.497 e. The Kier molecular flexibility index (Phi) is 4.16. The van der Waals surface area contributed by atoms with E-state index in [0.717, 1.165) is 17.0 Å². The zero-order valence-corrected chi connectivity index (χ0v) is 12.9. The van der Waals surface area contributed by atoms with E-state index in [1.807, 2.05) is 0 Å². The third kappa shape index (κ3) is 3.05. The smallest absolute Gasteiger partial charge is 0.344 e. The number of hydrogen-bond donors (Lipinski definition) is 0. The van der Waals surface area contributed by atoms with E-state index in [4.69, 9.17) is 13.9 Å². The maximum atomic E-state index is 12.3. The fraction of sp³-hybridized carbons (Fsp3) is 0.0526. The van der Waals surface area contributed by atoms with Crippen LogP contribution in [0.15, 0.2) is 70.4 Å². The monoisotopic (exact) mass is 322 g/mol. The Morgan fingerprint density at radius 3 is 2.46 bits per heavy atom. The normalized spacial score (nSPS) is 10.4. The molecular weight excluding hydrogens is 308 g/mol. The van der Waals surface area contributed by atoms with Crippen molar-refractivity contribution in [2.75, 3.05) is 7.11 Å². The second-order valence-electron chi connectivity index (χ2n) is 5.00. The summed E-state index contributed by atoms with van der Waals surface area (Å²) >= 11 is 0. The molecule has 5 heteroatoms. The highest BCUT2D eigenvalue weighted by molar-refractivity contribution is 5.86. The molecule has 0 bridgehead atoms. The first-order valence-electron chi connectivity index (χ1n) is 7.17. The van der Waals surface area contributed by atoms with Crippen LogP contribution in [0.25, 0.3) is 22.1 Å². The van der Waals surface area contributed by atoms with E-state index in [0.29, 0.717) is 16.9 Å². The summed E-state index contributed by atoms with van der Waals surface area (Å²) in [7, 11) is 1.58. The lowest BCUT2D eigenvalue weighted by Crippen LogP contribution is -2.04. The highest BCUT2D eigenvalue weighted by atomic mass is 16.5. The first-order chi connectivity index (χ1) is 11.6. The second kappa shape index (κ2) is 6.42. The zero-order valence-electron chi connectivity index (χ0n) is 12.9. The first kappa shape index (κ1) is 15.6. The fourth-order valence-corrected chi connectivity index (χ4v) is 2.28. The van der Waals surface area contributed by atoms with E-state index in [1.165, 1.54) is 6.07 Å². The van der Waals surface area contributed by atoms with Gasteiger partial charge in [0.05, 0.1) is 12.7 Å². The molecule has 3 aromatic rings. The van der Waals surface area contributed by atoms with Crippen molar-refractivity contribution >= 4 is 16.9 Å². The lowest BCUT2D eigenvalue weighted by molar-refractivity contribution is -0.128. The Hall–Kier alpha value is -3.34. The van der Waals surface area contributed by atoms with E-state index in [2.05, 4.69) is 6.58 Å². The van der Waals surface area contributed by atoms with Gasteiger partial charge in [0.1, 0.15) is 17.1 Å². The average molecular weight is 322 g/mol. The molecule has 0 aliphatic heterocycles. The van der Waals surface area contributed by atoms with E-state index in [-0.39, 0.29) is 5.75 Å². The summed E-state index contributed by atoms with van der Waals surface area (Å²) in [5, 5.41) is 0.721. The van der Waals surface area contributed by atoms with Crippen LogP contribution in [0.4, 0.5) is 0 Å². The molecule has 0 aliphatic rings. The van der Waals surface area contributed by atoms with Crippen LogP contribution in [0.3, 0.4) is 0 Å². The van der Waals surface area contributed by atoms with Gasteiger partial charge >= 0.3 is 11.6 Å². The number of carbonyl (C=O) groups excluding carboxylic acids is 1. The second-order valence-corrected chi connectivity index (χ2v) is 5.00. The summed E-state index contributed by atoms with van der Waals surface area (Å²) in [4.78, 5) is 23.5. The average Bonchev–Trinajstić information content (AvgIpc) is 2.61. The predicted molar refractivity (Wildman–Crippen MR) is 90.3 cm³/mol. The van der Waals surface area contributed by atoms with Crippen molar-refractivity contribution in [2.24, 2.45) is 0 Å². The van der Waals surface area contributed by atoms with Crippen molar-refractivity contribution in [2.45, 2.75) is 0 Å². The zero-order chi connectivity index (χ0) is 17.1. The number of hydrogen-bond acceptors (Lipinski definition) is 5. The van der Waals surface area contributed by atoms with Gasteiger partial charge in [0.15, 0.2) is 0 Å². The molecule has 1 heterocycles. The van der Waals surface area contributed by atoms with Crippen LogP contribution in [-0.4, -0.2) is 13.1 Å². The minimum atomic E-state index is -0.577. The molecule has 0 saturated carbocycles. The van der Waals surface area contributed by atoms with Gasteiger partial charge in [0.2, 0.25) is 0 Å². The first-order valence-corrected chi connectivity index (χ1v) is 7.17. The van der Waals surface area contributed by atoms with Crippen LogP contribution in [0.5, 0.6) is 11.5 Å². The summed E-state index contributed by atoms with van der Waals surface area (Å²) < 4.78 is 15.5. The molecule has 0 unspecified atom stereocenters.